The van der Waals surface area contributed by atoms with Gasteiger partial charge in [0, 0.05) is 18.8 Å². The SMILES string of the molecule is Cc1nn(C)c(C)c1CCCNC1CC1. The first-order chi connectivity index (χ1) is 7.18. The molecule has 0 aliphatic heterocycles. The molecule has 1 aliphatic carbocycles. The summed E-state index contributed by atoms with van der Waals surface area (Å²) in [6, 6.07) is 0.834. The molecule has 0 saturated heterocycles. The summed E-state index contributed by atoms with van der Waals surface area (Å²) in [5.41, 5.74) is 3.95. The minimum Gasteiger partial charge on any atom is -0.314 e. The molecule has 2 rings (SSSR count). The molecule has 1 aromatic rings. The Morgan fingerprint density at radius 2 is 2.13 bits per heavy atom. The van der Waals surface area contributed by atoms with E-state index >= 15 is 0 Å². The van der Waals surface area contributed by atoms with Crippen molar-refractivity contribution in [1.29, 1.82) is 0 Å². The minimum absolute atomic E-state index is 0.834. The topological polar surface area (TPSA) is 29.9 Å². The number of rotatable bonds is 5. The monoisotopic (exact) mass is 207 g/mol. The second kappa shape index (κ2) is 4.35. The Hall–Kier alpha value is -0.830. The molecular weight excluding hydrogens is 186 g/mol. The lowest BCUT2D eigenvalue weighted by atomic mass is 10.1. The van der Waals surface area contributed by atoms with E-state index in [9.17, 15) is 0 Å². The third-order valence-corrected chi connectivity index (χ3v) is 3.27. The Morgan fingerprint density at radius 1 is 1.40 bits per heavy atom. The maximum Gasteiger partial charge on any atom is 0.0628 e. The fourth-order valence-corrected chi connectivity index (χ4v) is 2.04. The Balaban J connectivity index is 1.81. The molecule has 0 atom stereocenters. The van der Waals surface area contributed by atoms with Crippen molar-refractivity contribution in [1.82, 2.24) is 15.1 Å². The Bertz CT molecular complexity index is 337. The van der Waals surface area contributed by atoms with E-state index in [1.807, 2.05) is 11.7 Å². The summed E-state index contributed by atoms with van der Waals surface area (Å²) < 4.78 is 1.99. The van der Waals surface area contributed by atoms with Crippen LogP contribution in [0.3, 0.4) is 0 Å². The summed E-state index contributed by atoms with van der Waals surface area (Å²) in [6.45, 7) is 5.42. The van der Waals surface area contributed by atoms with Crippen LogP contribution in [0.5, 0.6) is 0 Å². The highest BCUT2D eigenvalue weighted by atomic mass is 15.3. The Morgan fingerprint density at radius 3 is 2.67 bits per heavy atom. The molecule has 1 fully saturated rings. The molecule has 0 amide bonds. The van der Waals surface area contributed by atoms with Gasteiger partial charge >= 0.3 is 0 Å². The maximum absolute atomic E-state index is 4.43. The van der Waals surface area contributed by atoms with Crippen molar-refractivity contribution in [3.8, 4) is 0 Å². The molecule has 3 nitrogen and oxygen atoms in total. The van der Waals surface area contributed by atoms with Gasteiger partial charge in [0.2, 0.25) is 0 Å². The van der Waals surface area contributed by atoms with Crippen LogP contribution in [0.4, 0.5) is 0 Å². The number of aromatic nitrogens is 2. The van der Waals surface area contributed by atoms with Crippen LogP contribution in [-0.2, 0) is 13.5 Å². The fraction of sp³-hybridized carbons (Fsp3) is 0.750. The standard InChI is InChI=1S/C12H21N3/c1-9-12(10(2)15(3)14-9)5-4-8-13-11-6-7-11/h11,13H,4-8H2,1-3H3. The van der Waals surface area contributed by atoms with E-state index in [1.54, 1.807) is 0 Å². The van der Waals surface area contributed by atoms with Crippen LogP contribution in [0.2, 0.25) is 0 Å². The van der Waals surface area contributed by atoms with Gasteiger partial charge in [0.05, 0.1) is 5.69 Å². The molecule has 0 aromatic carbocycles. The second-order valence-electron chi connectivity index (χ2n) is 4.60. The maximum atomic E-state index is 4.43. The average molecular weight is 207 g/mol. The summed E-state index contributed by atoms with van der Waals surface area (Å²) >= 11 is 0. The van der Waals surface area contributed by atoms with Crippen molar-refractivity contribution in [2.24, 2.45) is 7.05 Å². The van der Waals surface area contributed by atoms with Crippen molar-refractivity contribution in [3.05, 3.63) is 17.0 Å². The number of aryl methyl sites for hydroxylation is 2. The molecule has 15 heavy (non-hydrogen) atoms. The second-order valence-corrected chi connectivity index (χ2v) is 4.60. The summed E-state index contributed by atoms with van der Waals surface area (Å²) in [4.78, 5) is 0. The van der Waals surface area contributed by atoms with Gasteiger partial charge in [-0.2, -0.15) is 5.10 Å². The van der Waals surface area contributed by atoms with Gasteiger partial charge in [0.25, 0.3) is 0 Å². The lowest BCUT2D eigenvalue weighted by molar-refractivity contribution is 0.643. The van der Waals surface area contributed by atoms with Gasteiger partial charge in [0.15, 0.2) is 0 Å². The summed E-state index contributed by atoms with van der Waals surface area (Å²) in [7, 11) is 2.02. The third kappa shape index (κ3) is 2.59. The lowest BCUT2D eigenvalue weighted by Crippen LogP contribution is -2.18. The summed E-state index contributed by atoms with van der Waals surface area (Å²) in [5, 5.41) is 7.98. The van der Waals surface area contributed by atoms with E-state index in [-0.39, 0.29) is 0 Å². The number of nitrogens with one attached hydrogen (secondary N) is 1. The Labute approximate surface area is 91.9 Å². The number of nitrogens with zero attached hydrogens (tertiary/aromatic N) is 2. The van der Waals surface area contributed by atoms with Gasteiger partial charge in [-0.3, -0.25) is 4.68 Å². The summed E-state index contributed by atoms with van der Waals surface area (Å²) in [5.74, 6) is 0. The smallest absolute Gasteiger partial charge is 0.0628 e. The van der Waals surface area contributed by atoms with Crippen molar-refractivity contribution >= 4 is 0 Å². The largest absolute Gasteiger partial charge is 0.314 e. The van der Waals surface area contributed by atoms with Gasteiger partial charge in [-0.15, -0.1) is 0 Å². The normalized spacial score (nSPS) is 15.9. The van der Waals surface area contributed by atoms with E-state index in [2.05, 4.69) is 24.3 Å². The number of hydrogen-bond acceptors (Lipinski definition) is 2. The van der Waals surface area contributed by atoms with Crippen molar-refractivity contribution < 1.29 is 0 Å². The van der Waals surface area contributed by atoms with E-state index in [1.165, 1.54) is 36.2 Å². The van der Waals surface area contributed by atoms with Gasteiger partial charge in [-0.05, 0) is 51.6 Å². The van der Waals surface area contributed by atoms with Crippen molar-refractivity contribution in [2.75, 3.05) is 6.54 Å². The molecule has 3 heteroatoms. The molecule has 84 valence electrons. The quantitative estimate of drug-likeness (QED) is 0.745. The zero-order chi connectivity index (χ0) is 10.8. The highest BCUT2D eigenvalue weighted by molar-refractivity contribution is 5.24. The highest BCUT2D eigenvalue weighted by Crippen LogP contribution is 2.19. The predicted octanol–water partition coefficient (Wildman–Crippen LogP) is 1.72. The van der Waals surface area contributed by atoms with Crippen molar-refractivity contribution in [3.63, 3.8) is 0 Å². The van der Waals surface area contributed by atoms with Gasteiger partial charge in [-0.1, -0.05) is 0 Å². The van der Waals surface area contributed by atoms with Crippen LogP contribution < -0.4 is 5.32 Å². The van der Waals surface area contributed by atoms with Crippen LogP contribution >= 0.6 is 0 Å². The Kier molecular flexibility index (Phi) is 3.10. The first-order valence-corrected chi connectivity index (χ1v) is 5.91. The number of hydrogen-bond donors (Lipinski definition) is 1. The molecular formula is C12H21N3. The molecule has 1 heterocycles. The van der Waals surface area contributed by atoms with Crippen LogP contribution in [0.15, 0.2) is 0 Å². The van der Waals surface area contributed by atoms with Crippen LogP contribution in [0, 0.1) is 13.8 Å². The van der Waals surface area contributed by atoms with E-state index in [4.69, 9.17) is 0 Å². The van der Waals surface area contributed by atoms with Crippen LogP contribution in [0.25, 0.3) is 0 Å². The van der Waals surface area contributed by atoms with E-state index < -0.39 is 0 Å². The highest BCUT2D eigenvalue weighted by Gasteiger charge is 2.19. The van der Waals surface area contributed by atoms with E-state index in [0.717, 1.165) is 19.0 Å². The molecule has 1 aromatic heterocycles. The molecule has 1 N–H and O–H groups in total. The fourth-order valence-electron chi connectivity index (χ4n) is 2.04. The predicted molar refractivity (Wildman–Crippen MR) is 62.0 cm³/mol. The van der Waals surface area contributed by atoms with Gasteiger partial charge in [-0.25, -0.2) is 0 Å². The lowest BCUT2D eigenvalue weighted by Gasteiger charge is -2.03. The molecule has 0 radical (unpaired) electrons. The molecule has 0 bridgehead atoms. The first kappa shape index (κ1) is 10.7. The zero-order valence-corrected chi connectivity index (χ0v) is 10.0. The molecule has 0 unspecified atom stereocenters. The minimum atomic E-state index is 0.834. The first-order valence-electron chi connectivity index (χ1n) is 5.91. The average Bonchev–Trinajstić information content (AvgIpc) is 2.96. The summed E-state index contributed by atoms with van der Waals surface area (Å²) in [6.07, 6.45) is 5.14. The van der Waals surface area contributed by atoms with Crippen LogP contribution in [0.1, 0.15) is 36.2 Å². The molecule has 1 aliphatic rings. The molecule has 0 spiro atoms. The van der Waals surface area contributed by atoms with Crippen molar-refractivity contribution in [2.45, 2.75) is 45.6 Å². The molecule has 1 saturated carbocycles. The van der Waals surface area contributed by atoms with Gasteiger partial charge in [0.1, 0.15) is 0 Å². The van der Waals surface area contributed by atoms with E-state index in [0.29, 0.717) is 0 Å². The zero-order valence-electron chi connectivity index (χ0n) is 10.0. The van der Waals surface area contributed by atoms with Crippen LogP contribution in [-0.4, -0.2) is 22.4 Å². The van der Waals surface area contributed by atoms with Gasteiger partial charge < -0.3 is 5.32 Å². The third-order valence-electron chi connectivity index (χ3n) is 3.27.